The van der Waals surface area contributed by atoms with E-state index in [4.69, 9.17) is 0 Å². The number of anilines is 1. The van der Waals surface area contributed by atoms with Crippen molar-refractivity contribution in [2.45, 2.75) is 20.4 Å². The van der Waals surface area contributed by atoms with Gasteiger partial charge in [-0.25, -0.2) is 9.31 Å². The van der Waals surface area contributed by atoms with Gasteiger partial charge in [0.2, 0.25) is 0 Å². The minimum absolute atomic E-state index is 0.224. The van der Waals surface area contributed by atoms with Crippen LogP contribution in [0.15, 0.2) is 48.8 Å². The molecule has 0 spiro atoms. The number of carbonyl (C=O) groups is 1. The highest BCUT2D eigenvalue weighted by atomic mass is 16.2. The molecule has 2 heterocycles. The monoisotopic (exact) mass is 294 g/mol. The van der Waals surface area contributed by atoms with Gasteiger partial charge in [0.25, 0.3) is 0 Å². The number of rotatable bonds is 3. The quantitative estimate of drug-likeness (QED) is 0.779. The Balaban J connectivity index is 1.63. The van der Waals surface area contributed by atoms with Crippen LogP contribution in [0.4, 0.5) is 10.5 Å². The standard InChI is InChI=1S/C17H18N4O/c1-12-6-7-15(9-13(12)2)20-17(22)18-10-14-11-19-21-8-4-3-5-16(14)21/h3-9,11H,10H2,1-2H3,(H2,18,20,22). The number of amides is 2. The van der Waals surface area contributed by atoms with Gasteiger partial charge >= 0.3 is 6.03 Å². The molecule has 112 valence electrons. The van der Waals surface area contributed by atoms with E-state index in [9.17, 15) is 4.79 Å². The van der Waals surface area contributed by atoms with E-state index in [1.807, 2.05) is 56.4 Å². The molecule has 5 heteroatoms. The maximum atomic E-state index is 12.0. The highest BCUT2D eigenvalue weighted by Gasteiger charge is 2.06. The third-order valence-corrected chi connectivity index (χ3v) is 3.71. The summed E-state index contributed by atoms with van der Waals surface area (Å²) in [6.07, 6.45) is 3.65. The van der Waals surface area contributed by atoms with E-state index in [-0.39, 0.29) is 6.03 Å². The SMILES string of the molecule is Cc1ccc(NC(=O)NCc2cnn3ccccc23)cc1C. The first-order valence-electron chi connectivity index (χ1n) is 7.17. The molecule has 0 aliphatic rings. The zero-order valence-corrected chi connectivity index (χ0v) is 12.6. The fraction of sp³-hybridized carbons (Fsp3) is 0.176. The highest BCUT2D eigenvalue weighted by molar-refractivity contribution is 5.89. The summed E-state index contributed by atoms with van der Waals surface area (Å²) in [6, 6.07) is 11.5. The second kappa shape index (κ2) is 5.89. The molecule has 0 radical (unpaired) electrons. The molecule has 0 aliphatic heterocycles. The Morgan fingerprint density at radius 2 is 2.05 bits per heavy atom. The van der Waals surface area contributed by atoms with Crippen molar-refractivity contribution in [3.63, 3.8) is 0 Å². The van der Waals surface area contributed by atoms with Gasteiger partial charge < -0.3 is 10.6 Å². The predicted octanol–water partition coefficient (Wildman–Crippen LogP) is 3.27. The van der Waals surface area contributed by atoms with Crippen molar-refractivity contribution in [2.24, 2.45) is 0 Å². The van der Waals surface area contributed by atoms with Crippen LogP contribution in [-0.4, -0.2) is 15.6 Å². The van der Waals surface area contributed by atoms with Crippen LogP contribution < -0.4 is 10.6 Å². The van der Waals surface area contributed by atoms with Crippen LogP contribution in [0.5, 0.6) is 0 Å². The summed E-state index contributed by atoms with van der Waals surface area (Å²) in [7, 11) is 0. The van der Waals surface area contributed by atoms with Gasteiger partial charge in [-0.2, -0.15) is 5.10 Å². The molecular weight excluding hydrogens is 276 g/mol. The second-order valence-corrected chi connectivity index (χ2v) is 5.31. The molecule has 0 bridgehead atoms. The molecule has 2 aromatic heterocycles. The zero-order valence-electron chi connectivity index (χ0n) is 12.6. The fourth-order valence-corrected chi connectivity index (χ4v) is 2.29. The van der Waals surface area contributed by atoms with Gasteiger partial charge in [0.1, 0.15) is 0 Å². The van der Waals surface area contributed by atoms with E-state index >= 15 is 0 Å². The highest BCUT2D eigenvalue weighted by Crippen LogP contribution is 2.14. The number of aryl methyl sites for hydroxylation is 2. The number of benzene rings is 1. The molecule has 0 saturated carbocycles. The number of pyridine rings is 1. The minimum Gasteiger partial charge on any atom is -0.334 e. The average Bonchev–Trinajstić information content (AvgIpc) is 2.92. The largest absolute Gasteiger partial charge is 0.334 e. The Hall–Kier alpha value is -2.82. The van der Waals surface area contributed by atoms with Crippen LogP contribution in [0.2, 0.25) is 0 Å². The number of nitrogens with zero attached hydrogens (tertiary/aromatic N) is 2. The Bertz CT molecular complexity index is 822. The van der Waals surface area contributed by atoms with Crippen molar-refractivity contribution in [1.82, 2.24) is 14.9 Å². The van der Waals surface area contributed by atoms with E-state index in [0.29, 0.717) is 6.54 Å². The van der Waals surface area contributed by atoms with Gasteiger partial charge in [0.15, 0.2) is 0 Å². The molecule has 2 N–H and O–H groups in total. The lowest BCUT2D eigenvalue weighted by Crippen LogP contribution is -2.28. The second-order valence-electron chi connectivity index (χ2n) is 5.31. The molecule has 0 atom stereocenters. The Kier molecular flexibility index (Phi) is 3.78. The van der Waals surface area contributed by atoms with Gasteiger partial charge in [0.05, 0.1) is 11.7 Å². The number of hydrogen-bond donors (Lipinski definition) is 2. The fourth-order valence-electron chi connectivity index (χ4n) is 2.29. The van der Waals surface area contributed by atoms with Crippen LogP contribution in [0.25, 0.3) is 5.52 Å². The van der Waals surface area contributed by atoms with Crippen LogP contribution in [0.3, 0.4) is 0 Å². The van der Waals surface area contributed by atoms with Crippen LogP contribution in [-0.2, 0) is 6.54 Å². The van der Waals surface area contributed by atoms with Gasteiger partial charge in [-0.3, -0.25) is 0 Å². The van der Waals surface area contributed by atoms with Crippen LogP contribution in [0.1, 0.15) is 16.7 Å². The predicted molar refractivity (Wildman–Crippen MR) is 87.0 cm³/mol. The van der Waals surface area contributed by atoms with E-state index in [2.05, 4.69) is 15.7 Å². The first-order chi connectivity index (χ1) is 10.6. The summed E-state index contributed by atoms with van der Waals surface area (Å²) in [4.78, 5) is 12.0. The topological polar surface area (TPSA) is 58.4 Å². The molecule has 5 nitrogen and oxygen atoms in total. The minimum atomic E-state index is -0.224. The van der Waals surface area contributed by atoms with Crippen molar-refractivity contribution in [3.8, 4) is 0 Å². The molecule has 0 unspecified atom stereocenters. The van der Waals surface area contributed by atoms with Gasteiger partial charge in [0, 0.05) is 24.0 Å². The Morgan fingerprint density at radius 3 is 2.86 bits per heavy atom. The maximum absolute atomic E-state index is 12.0. The van der Waals surface area contributed by atoms with Gasteiger partial charge in [-0.1, -0.05) is 12.1 Å². The smallest absolute Gasteiger partial charge is 0.319 e. The molecule has 0 aliphatic carbocycles. The number of aromatic nitrogens is 2. The number of urea groups is 1. The average molecular weight is 294 g/mol. The zero-order chi connectivity index (χ0) is 15.5. The number of carbonyl (C=O) groups excluding carboxylic acids is 1. The third-order valence-electron chi connectivity index (χ3n) is 3.71. The Morgan fingerprint density at radius 1 is 1.18 bits per heavy atom. The summed E-state index contributed by atoms with van der Waals surface area (Å²) in [6.45, 7) is 4.51. The van der Waals surface area contributed by atoms with Crippen LogP contribution in [0, 0.1) is 13.8 Å². The lowest BCUT2D eigenvalue weighted by Gasteiger charge is -2.09. The lowest BCUT2D eigenvalue weighted by molar-refractivity contribution is 0.252. The van der Waals surface area contributed by atoms with E-state index in [1.54, 1.807) is 10.7 Å². The van der Waals surface area contributed by atoms with E-state index in [0.717, 1.165) is 22.3 Å². The third kappa shape index (κ3) is 2.93. The van der Waals surface area contributed by atoms with Crippen molar-refractivity contribution in [3.05, 3.63) is 65.5 Å². The van der Waals surface area contributed by atoms with Crippen molar-refractivity contribution in [2.75, 3.05) is 5.32 Å². The lowest BCUT2D eigenvalue weighted by atomic mass is 10.1. The van der Waals surface area contributed by atoms with E-state index in [1.165, 1.54) is 5.56 Å². The molecule has 22 heavy (non-hydrogen) atoms. The number of fused-ring (bicyclic) bond motifs is 1. The van der Waals surface area contributed by atoms with Gasteiger partial charge in [-0.15, -0.1) is 0 Å². The molecule has 2 amide bonds. The normalized spacial score (nSPS) is 10.6. The van der Waals surface area contributed by atoms with Crippen molar-refractivity contribution >= 4 is 17.2 Å². The summed E-state index contributed by atoms with van der Waals surface area (Å²) in [5.41, 5.74) is 5.13. The van der Waals surface area contributed by atoms with Crippen LogP contribution >= 0.6 is 0 Å². The first-order valence-corrected chi connectivity index (χ1v) is 7.17. The molecule has 0 fully saturated rings. The molecule has 0 saturated heterocycles. The molecule has 3 rings (SSSR count). The maximum Gasteiger partial charge on any atom is 0.319 e. The first kappa shape index (κ1) is 14.1. The summed E-state index contributed by atoms with van der Waals surface area (Å²) < 4.78 is 1.79. The summed E-state index contributed by atoms with van der Waals surface area (Å²) in [5.74, 6) is 0. The molecule has 1 aromatic carbocycles. The Labute approximate surface area is 129 Å². The van der Waals surface area contributed by atoms with Crippen molar-refractivity contribution < 1.29 is 4.79 Å². The number of hydrogen-bond acceptors (Lipinski definition) is 2. The summed E-state index contributed by atoms with van der Waals surface area (Å²) in [5, 5.41) is 9.95. The number of nitrogens with one attached hydrogen (secondary N) is 2. The van der Waals surface area contributed by atoms with E-state index < -0.39 is 0 Å². The summed E-state index contributed by atoms with van der Waals surface area (Å²) >= 11 is 0. The molecule has 3 aromatic rings. The molecular formula is C17H18N4O. The van der Waals surface area contributed by atoms with Gasteiger partial charge in [-0.05, 0) is 49.2 Å². The van der Waals surface area contributed by atoms with Crippen molar-refractivity contribution in [1.29, 1.82) is 0 Å².